The smallest absolute Gasteiger partial charge is 0.318 e. The molecule has 0 aliphatic rings. The van der Waals surface area contributed by atoms with Crippen molar-refractivity contribution in [2.24, 2.45) is 0 Å². The standard InChI is InChI=1S/C18H16FN3O2S/c1-12(17(23)24-2)25-18-21-20-16(13-6-4-3-5-7-13)22(18)15-10-8-14(19)9-11-15/h3-12H,1-2H3/t12-/m1/s1. The number of benzene rings is 2. The largest absolute Gasteiger partial charge is 0.468 e. The lowest BCUT2D eigenvalue weighted by Crippen LogP contribution is -2.15. The van der Waals surface area contributed by atoms with Gasteiger partial charge in [0.1, 0.15) is 11.1 Å². The van der Waals surface area contributed by atoms with E-state index in [1.165, 1.54) is 31.0 Å². The molecule has 0 unspecified atom stereocenters. The second-order valence-corrected chi connectivity index (χ2v) is 6.58. The van der Waals surface area contributed by atoms with Crippen molar-refractivity contribution < 1.29 is 13.9 Å². The minimum absolute atomic E-state index is 0.324. The predicted octanol–water partition coefficient (Wildman–Crippen LogP) is 3.73. The molecule has 0 saturated heterocycles. The Morgan fingerprint density at radius 2 is 1.80 bits per heavy atom. The van der Waals surface area contributed by atoms with Crippen molar-refractivity contribution in [2.45, 2.75) is 17.3 Å². The first kappa shape index (κ1) is 17.2. The molecule has 25 heavy (non-hydrogen) atoms. The van der Waals surface area contributed by atoms with Gasteiger partial charge in [0.25, 0.3) is 0 Å². The molecule has 3 aromatic rings. The van der Waals surface area contributed by atoms with Crippen molar-refractivity contribution in [3.05, 3.63) is 60.4 Å². The number of hydrogen-bond acceptors (Lipinski definition) is 5. The van der Waals surface area contributed by atoms with E-state index in [4.69, 9.17) is 4.74 Å². The lowest BCUT2D eigenvalue weighted by molar-refractivity contribution is -0.139. The van der Waals surface area contributed by atoms with E-state index in [0.29, 0.717) is 16.7 Å². The molecule has 0 aliphatic heterocycles. The lowest BCUT2D eigenvalue weighted by atomic mass is 10.2. The van der Waals surface area contributed by atoms with Crippen LogP contribution in [0, 0.1) is 5.82 Å². The minimum atomic E-state index is -0.447. The van der Waals surface area contributed by atoms with Crippen LogP contribution >= 0.6 is 11.8 Å². The van der Waals surface area contributed by atoms with Crippen molar-refractivity contribution in [3.8, 4) is 17.1 Å². The Bertz CT molecular complexity index is 866. The van der Waals surface area contributed by atoms with E-state index < -0.39 is 5.25 Å². The third-order valence-corrected chi connectivity index (χ3v) is 4.59. The van der Waals surface area contributed by atoms with E-state index in [9.17, 15) is 9.18 Å². The van der Waals surface area contributed by atoms with Crippen LogP contribution in [0.25, 0.3) is 17.1 Å². The third kappa shape index (κ3) is 3.71. The number of esters is 1. The number of methoxy groups -OCH3 is 1. The fraction of sp³-hybridized carbons (Fsp3) is 0.167. The van der Waals surface area contributed by atoms with Crippen LogP contribution in [0.4, 0.5) is 4.39 Å². The van der Waals surface area contributed by atoms with Crippen LogP contribution in [-0.4, -0.2) is 33.1 Å². The summed E-state index contributed by atoms with van der Waals surface area (Å²) in [6.45, 7) is 1.74. The zero-order valence-electron chi connectivity index (χ0n) is 13.7. The average molecular weight is 357 g/mol. The molecule has 0 bridgehead atoms. The summed E-state index contributed by atoms with van der Waals surface area (Å²) in [7, 11) is 1.35. The third-order valence-electron chi connectivity index (χ3n) is 3.57. The zero-order chi connectivity index (χ0) is 17.8. The fourth-order valence-electron chi connectivity index (χ4n) is 2.32. The Hall–Kier alpha value is -2.67. The van der Waals surface area contributed by atoms with Crippen molar-refractivity contribution in [1.82, 2.24) is 14.8 Å². The average Bonchev–Trinajstić information content (AvgIpc) is 3.06. The van der Waals surface area contributed by atoms with Gasteiger partial charge in [-0.05, 0) is 31.2 Å². The summed E-state index contributed by atoms with van der Waals surface area (Å²) in [4.78, 5) is 11.7. The number of carbonyl (C=O) groups is 1. The second-order valence-electron chi connectivity index (χ2n) is 5.27. The molecule has 0 fully saturated rings. The number of hydrogen-bond donors (Lipinski definition) is 0. The van der Waals surface area contributed by atoms with Crippen molar-refractivity contribution in [1.29, 1.82) is 0 Å². The summed E-state index contributed by atoms with van der Waals surface area (Å²) in [6, 6.07) is 15.6. The number of carbonyl (C=O) groups excluding carboxylic acids is 1. The van der Waals surface area contributed by atoms with Crippen molar-refractivity contribution in [3.63, 3.8) is 0 Å². The van der Waals surface area contributed by atoms with Crippen LogP contribution in [0.5, 0.6) is 0 Å². The van der Waals surface area contributed by atoms with Gasteiger partial charge in [-0.15, -0.1) is 10.2 Å². The normalized spacial score (nSPS) is 12.0. The summed E-state index contributed by atoms with van der Waals surface area (Å²) in [5, 5.41) is 8.58. The Kier molecular flexibility index (Phi) is 5.14. The molecule has 3 rings (SSSR count). The van der Waals surface area contributed by atoms with Crippen LogP contribution < -0.4 is 0 Å². The topological polar surface area (TPSA) is 57.0 Å². The van der Waals surface area contributed by atoms with Crippen molar-refractivity contribution in [2.75, 3.05) is 7.11 Å². The van der Waals surface area contributed by atoms with Gasteiger partial charge in [0, 0.05) is 11.3 Å². The molecule has 2 aromatic carbocycles. The van der Waals surface area contributed by atoms with Crippen molar-refractivity contribution >= 4 is 17.7 Å². The highest BCUT2D eigenvalue weighted by Gasteiger charge is 2.22. The summed E-state index contributed by atoms with van der Waals surface area (Å²) in [5.74, 6) is -0.0538. The van der Waals surface area contributed by atoms with Gasteiger partial charge in [-0.25, -0.2) is 4.39 Å². The Balaban J connectivity index is 2.08. The number of ether oxygens (including phenoxy) is 1. The molecule has 1 atom stereocenters. The van der Waals surface area contributed by atoms with E-state index in [0.717, 1.165) is 5.56 Å². The molecular weight excluding hydrogens is 341 g/mol. The fourth-order valence-corrected chi connectivity index (χ4v) is 3.21. The number of thioether (sulfide) groups is 1. The maximum absolute atomic E-state index is 13.3. The second kappa shape index (κ2) is 7.48. The first-order chi connectivity index (χ1) is 12.1. The van der Waals surface area contributed by atoms with E-state index in [2.05, 4.69) is 10.2 Å². The van der Waals surface area contributed by atoms with Crippen LogP contribution in [0.15, 0.2) is 59.8 Å². The highest BCUT2D eigenvalue weighted by molar-refractivity contribution is 8.00. The van der Waals surface area contributed by atoms with Crippen LogP contribution in [0.2, 0.25) is 0 Å². The van der Waals surface area contributed by atoms with Gasteiger partial charge >= 0.3 is 5.97 Å². The van der Waals surface area contributed by atoms with E-state index >= 15 is 0 Å². The van der Waals surface area contributed by atoms with Gasteiger partial charge < -0.3 is 4.74 Å². The first-order valence-electron chi connectivity index (χ1n) is 7.61. The highest BCUT2D eigenvalue weighted by atomic mass is 32.2. The summed E-state index contributed by atoms with van der Waals surface area (Å²) in [5.41, 5.74) is 1.58. The first-order valence-corrected chi connectivity index (χ1v) is 8.49. The SMILES string of the molecule is COC(=O)[C@@H](C)Sc1nnc(-c2ccccc2)n1-c1ccc(F)cc1. The number of rotatable bonds is 5. The quantitative estimate of drug-likeness (QED) is 0.514. The molecule has 0 saturated carbocycles. The van der Waals surface area contributed by atoms with Gasteiger partial charge in [-0.3, -0.25) is 9.36 Å². The van der Waals surface area contributed by atoms with Crippen LogP contribution in [0.3, 0.4) is 0 Å². The molecule has 1 aromatic heterocycles. The molecule has 1 heterocycles. The van der Waals surface area contributed by atoms with E-state index in [1.807, 2.05) is 30.3 Å². The summed E-state index contributed by atoms with van der Waals surface area (Å²) in [6.07, 6.45) is 0. The maximum Gasteiger partial charge on any atom is 0.318 e. The zero-order valence-corrected chi connectivity index (χ0v) is 14.5. The van der Waals surface area contributed by atoms with Crippen LogP contribution in [-0.2, 0) is 9.53 Å². The van der Waals surface area contributed by atoms with E-state index in [1.54, 1.807) is 23.6 Å². The molecule has 5 nitrogen and oxygen atoms in total. The Morgan fingerprint density at radius 1 is 1.12 bits per heavy atom. The molecule has 7 heteroatoms. The van der Waals surface area contributed by atoms with Gasteiger partial charge in [0.15, 0.2) is 11.0 Å². The van der Waals surface area contributed by atoms with Gasteiger partial charge in [-0.1, -0.05) is 42.1 Å². The Morgan fingerprint density at radius 3 is 2.44 bits per heavy atom. The lowest BCUT2D eigenvalue weighted by Gasteiger charge is -2.12. The molecule has 0 spiro atoms. The molecule has 0 aliphatic carbocycles. The number of nitrogens with zero attached hydrogens (tertiary/aromatic N) is 3. The van der Waals surface area contributed by atoms with Gasteiger partial charge in [-0.2, -0.15) is 0 Å². The van der Waals surface area contributed by atoms with Gasteiger partial charge in [0.2, 0.25) is 0 Å². The molecule has 0 amide bonds. The number of aromatic nitrogens is 3. The molecular formula is C18H16FN3O2S. The van der Waals surface area contributed by atoms with E-state index in [-0.39, 0.29) is 11.8 Å². The molecule has 0 N–H and O–H groups in total. The van der Waals surface area contributed by atoms with Crippen LogP contribution in [0.1, 0.15) is 6.92 Å². The summed E-state index contributed by atoms with van der Waals surface area (Å²) < 4.78 is 19.9. The maximum atomic E-state index is 13.3. The predicted molar refractivity (Wildman–Crippen MR) is 94.1 cm³/mol. The molecule has 128 valence electrons. The monoisotopic (exact) mass is 357 g/mol. The summed E-state index contributed by atoms with van der Waals surface area (Å²) >= 11 is 1.24. The molecule has 0 radical (unpaired) electrons. The Labute approximate surface area is 148 Å². The number of halogens is 1. The van der Waals surface area contributed by atoms with Gasteiger partial charge in [0.05, 0.1) is 7.11 Å². The highest BCUT2D eigenvalue weighted by Crippen LogP contribution is 2.30. The minimum Gasteiger partial charge on any atom is -0.468 e.